The Morgan fingerprint density at radius 2 is 1.10 bits per heavy atom. The average molecular weight is 1090 g/mol. The smallest absolute Gasteiger partial charge is 0.181 e. The molecule has 414 valence electrons. The fourth-order valence-corrected chi connectivity index (χ4v) is 10.2. The Bertz CT molecular complexity index is 4320. The zero-order valence-corrected chi connectivity index (χ0v) is 47.6. The number of aryl methyl sites for hydroxylation is 4. The highest BCUT2D eigenvalue weighted by molar-refractivity contribution is 6.05. The number of nitrogens with one attached hydrogen (secondary N) is 5. The Balaban J connectivity index is 0.000000164. The van der Waals surface area contributed by atoms with Crippen molar-refractivity contribution in [2.45, 2.75) is 91.7 Å². The molecule has 10 aromatic heterocycles. The maximum absolute atomic E-state index is 6.03. The van der Waals surface area contributed by atoms with Crippen molar-refractivity contribution in [3.63, 3.8) is 0 Å². The van der Waals surface area contributed by atoms with Crippen LogP contribution in [0.1, 0.15) is 89.5 Å². The molecule has 2 aromatic carbocycles. The van der Waals surface area contributed by atoms with Gasteiger partial charge in [0.25, 0.3) is 0 Å². The number of imidazole rings is 2. The quantitative estimate of drug-likeness (QED) is 0.0808. The Morgan fingerprint density at radius 1 is 0.549 bits per heavy atom. The lowest BCUT2D eigenvalue weighted by molar-refractivity contribution is -0.0298. The van der Waals surface area contributed by atoms with E-state index in [1.54, 1.807) is 25.0 Å². The second-order valence-electron chi connectivity index (χ2n) is 22.6. The van der Waals surface area contributed by atoms with Crippen LogP contribution in [0.2, 0.25) is 0 Å². The maximum atomic E-state index is 6.03. The summed E-state index contributed by atoms with van der Waals surface area (Å²) in [6.07, 6.45) is 16.8. The second kappa shape index (κ2) is 21.4. The first-order valence-electron chi connectivity index (χ1n) is 27.3. The van der Waals surface area contributed by atoms with Crippen molar-refractivity contribution >= 4 is 90.2 Å². The molecule has 1 unspecified atom stereocenters. The van der Waals surface area contributed by atoms with Crippen molar-refractivity contribution in [3.05, 3.63) is 145 Å². The van der Waals surface area contributed by atoms with E-state index in [0.29, 0.717) is 28.5 Å². The Morgan fingerprint density at radius 3 is 1.65 bits per heavy atom. The third-order valence-corrected chi connectivity index (χ3v) is 14.8. The number of nitrogens with zero attached hydrogens (tertiary/aromatic N) is 15. The molecule has 1 aliphatic heterocycles. The molecule has 0 aliphatic carbocycles. The van der Waals surface area contributed by atoms with Gasteiger partial charge in [-0.1, -0.05) is 65.8 Å². The molecule has 13 rings (SSSR count). The molecule has 82 heavy (non-hydrogen) atoms. The van der Waals surface area contributed by atoms with Gasteiger partial charge in [0.15, 0.2) is 11.3 Å². The van der Waals surface area contributed by atoms with Crippen LogP contribution in [0.5, 0.6) is 0 Å². The van der Waals surface area contributed by atoms with Gasteiger partial charge in [0.2, 0.25) is 0 Å². The zero-order valence-electron chi connectivity index (χ0n) is 47.6. The predicted octanol–water partition coefficient (Wildman–Crippen LogP) is 12.8. The minimum Gasteiger partial charge on any atom is -0.358 e. The van der Waals surface area contributed by atoms with Crippen LogP contribution >= 0.6 is 0 Å². The van der Waals surface area contributed by atoms with E-state index in [-0.39, 0.29) is 17.1 Å². The van der Waals surface area contributed by atoms with E-state index in [9.17, 15) is 0 Å². The van der Waals surface area contributed by atoms with Gasteiger partial charge in [0.05, 0.1) is 35.4 Å². The second-order valence-corrected chi connectivity index (χ2v) is 22.6. The van der Waals surface area contributed by atoms with Crippen LogP contribution in [0.15, 0.2) is 123 Å². The fraction of sp³-hybridized carbons (Fsp3) is 0.279. The van der Waals surface area contributed by atoms with Gasteiger partial charge in [-0.3, -0.25) is 13.9 Å². The average Bonchev–Trinajstić information content (AvgIpc) is 4.41. The lowest BCUT2D eigenvalue weighted by Crippen LogP contribution is -2.17. The summed E-state index contributed by atoms with van der Waals surface area (Å²) in [4.78, 5) is 49.0. The normalized spacial score (nSPS) is 13.9. The molecule has 0 amide bonds. The monoisotopic (exact) mass is 1090 g/mol. The maximum Gasteiger partial charge on any atom is 0.181 e. The summed E-state index contributed by atoms with van der Waals surface area (Å²) in [5.74, 6) is 4.63. The van der Waals surface area contributed by atoms with Crippen LogP contribution in [0.25, 0.3) is 66.4 Å². The Kier molecular flexibility index (Phi) is 13.8. The lowest BCUT2D eigenvalue weighted by Gasteiger charge is -2.23. The minimum atomic E-state index is -0.0656. The van der Waals surface area contributed by atoms with Gasteiger partial charge in [-0.25, -0.2) is 49.8 Å². The van der Waals surface area contributed by atoms with Crippen molar-refractivity contribution in [1.29, 1.82) is 0 Å². The molecular weight excluding hydrogens is 1030 g/mol. The highest BCUT2D eigenvalue weighted by atomic mass is 16.5. The van der Waals surface area contributed by atoms with E-state index in [2.05, 4.69) is 153 Å². The number of anilines is 8. The van der Waals surface area contributed by atoms with Crippen LogP contribution in [0, 0.1) is 13.8 Å². The molecule has 0 spiro atoms. The van der Waals surface area contributed by atoms with E-state index in [4.69, 9.17) is 29.9 Å². The third kappa shape index (κ3) is 10.3. The van der Waals surface area contributed by atoms with E-state index < -0.39 is 0 Å². The summed E-state index contributed by atoms with van der Waals surface area (Å²) in [5, 5.41) is 27.6. The van der Waals surface area contributed by atoms with Crippen molar-refractivity contribution in [2.24, 2.45) is 14.1 Å². The molecular formula is C61H64N20O. The van der Waals surface area contributed by atoms with E-state index in [1.165, 1.54) is 6.33 Å². The molecule has 0 radical (unpaired) electrons. The van der Waals surface area contributed by atoms with E-state index in [0.717, 1.165) is 133 Å². The van der Waals surface area contributed by atoms with Crippen molar-refractivity contribution < 1.29 is 4.74 Å². The third-order valence-electron chi connectivity index (χ3n) is 14.8. The van der Waals surface area contributed by atoms with Crippen molar-refractivity contribution in [2.75, 3.05) is 27.9 Å². The highest BCUT2D eigenvalue weighted by Crippen LogP contribution is 2.40. The van der Waals surface area contributed by atoms with E-state index >= 15 is 0 Å². The number of ether oxygens (including phenoxy) is 1. The number of H-pyrrole nitrogens is 1. The molecule has 5 N–H and O–H groups in total. The molecule has 1 atom stereocenters. The number of aromatic nitrogens is 16. The van der Waals surface area contributed by atoms with Gasteiger partial charge in [-0.05, 0) is 80.6 Å². The van der Waals surface area contributed by atoms with Crippen LogP contribution in [-0.4, -0.2) is 85.6 Å². The lowest BCUT2D eigenvalue weighted by atomic mass is 9.92. The molecule has 12 aromatic rings. The number of hydrogen-bond donors (Lipinski definition) is 5. The number of pyridine rings is 4. The Labute approximate surface area is 473 Å². The van der Waals surface area contributed by atoms with Crippen LogP contribution in [0.3, 0.4) is 0 Å². The first kappa shape index (κ1) is 52.9. The summed E-state index contributed by atoms with van der Waals surface area (Å²) < 4.78 is 11.8. The first-order chi connectivity index (χ1) is 39.6. The van der Waals surface area contributed by atoms with Crippen molar-refractivity contribution in [1.82, 2.24) is 79.0 Å². The van der Waals surface area contributed by atoms with Gasteiger partial charge in [-0.15, -0.1) is 0 Å². The Hall–Kier alpha value is -9.76. The molecule has 21 heteroatoms. The number of fused-ring (bicyclic) bond motifs is 4. The summed E-state index contributed by atoms with van der Waals surface area (Å²) in [5.41, 5.74) is 11.9. The largest absolute Gasteiger partial charge is 0.358 e. The van der Waals surface area contributed by atoms with E-state index in [1.807, 2.05) is 83.1 Å². The van der Waals surface area contributed by atoms with Gasteiger partial charge in [-0.2, -0.15) is 10.2 Å². The fourth-order valence-electron chi connectivity index (χ4n) is 10.2. The minimum absolute atomic E-state index is 0.0517. The van der Waals surface area contributed by atoms with Crippen molar-refractivity contribution in [3.8, 4) is 22.5 Å². The van der Waals surface area contributed by atoms with Gasteiger partial charge >= 0.3 is 0 Å². The molecule has 0 bridgehead atoms. The summed E-state index contributed by atoms with van der Waals surface area (Å²) in [7, 11) is 3.88. The number of benzene rings is 2. The topological polar surface area (TPSA) is 243 Å². The van der Waals surface area contributed by atoms with Crippen LogP contribution in [-0.2, 0) is 29.7 Å². The predicted molar refractivity (Wildman–Crippen MR) is 322 cm³/mol. The highest BCUT2D eigenvalue weighted by Gasteiger charge is 2.25. The molecule has 21 nitrogen and oxygen atoms in total. The summed E-state index contributed by atoms with van der Waals surface area (Å²) >= 11 is 0. The molecule has 1 aliphatic rings. The number of hydrogen-bond acceptors (Lipinski definition) is 17. The van der Waals surface area contributed by atoms with Crippen LogP contribution in [0.4, 0.5) is 46.3 Å². The first-order valence-corrected chi connectivity index (χ1v) is 27.3. The molecule has 0 saturated carbocycles. The number of rotatable bonds is 11. The SMILES string of the molecule is Cc1ccc2c(Nc3cc(C(C)(C)C)nn3C)nccc2c1Nc1ncccc1-c1ncnc2c1ncn2C1CCCCO1.Cc1ccc2c(Nc3cc(C(C)(C)C)nn3C)nccc2c1Nc1ncccc1-c1ncnc2nc[nH]c12. The van der Waals surface area contributed by atoms with Crippen LogP contribution < -0.4 is 21.3 Å². The standard InChI is InChI=1S/C33H36N10O.C28H28N10/c1-20-11-12-22-21(13-15-35-30(22)39-25-17-24(33(2,3)4)41-42(25)5)27(20)40-31-23(9-8-14-34-31)28-29-32(37-18-36-28)43(19-38-29)26-10-6-7-16-44-26;1-16-8-9-18-17(10-12-30-25(18)35-21-13-20(28(2,3)4)37-38(21)5)22(16)36-26-19(7-6-11-29-26)23-24-27(33-14-31-23)34-15-32-24/h8-9,11-15,17-19,26H,6-7,10,16H2,1-5H3,(H,34,40)(H,35,39);6-15H,1-5H3,(H,29,36)(H,30,35)(H,31,32,33,34). The summed E-state index contributed by atoms with van der Waals surface area (Å²) in [6, 6.07) is 24.4. The zero-order chi connectivity index (χ0) is 56.9. The molecule has 1 saturated heterocycles. The summed E-state index contributed by atoms with van der Waals surface area (Å²) in [6.45, 7) is 17.8. The number of aromatic amines is 1. The van der Waals surface area contributed by atoms with Gasteiger partial charge in [0.1, 0.15) is 76.2 Å². The molecule has 11 heterocycles. The van der Waals surface area contributed by atoms with Gasteiger partial charge in [0, 0.05) is 101 Å². The van der Waals surface area contributed by atoms with Gasteiger partial charge < -0.3 is 31.0 Å². The molecule has 1 fully saturated rings.